The highest BCUT2D eigenvalue weighted by Crippen LogP contribution is 2.22. The van der Waals surface area contributed by atoms with Crippen molar-refractivity contribution in [3.05, 3.63) is 58.1 Å². The lowest BCUT2D eigenvalue weighted by atomic mass is 10.0. The molecule has 4 heteroatoms. The van der Waals surface area contributed by atoms with Crippen molar-refractivity contribution < 1.29 is 4.79 Å². The van der Waals surface area contributed by atoms with E-state index in [4.69, 9.17) is 5.73 Å². The number of nitrogen functional groups attached to an aromatic ring is 1. The average Bonchev–Trinajstić information content (AvgIpc) is 2.43. The molecule has 4 nitrogen and oxygen atoms in total. The van der Waals surface area contributed by atoms with E-state index in [0.29, 0.717) is 22.5 Å². The van der Waals surface area contributed by atoms with Gasteiger partial charge in [-0.1, -0.05) is 18.2 Å². The van der Waals surface area contributed by atoms with Gasteiger partial charge in [0.05, 0.1) is 11.3 Å². The standard InChI is InChI=1S/C17H17N3O/c1-10-5-4-6-16(14(10)9-18)20-17(21)13-8-15(19)12(3)7-11(13)2/h4-8H,19H2,1-3H3,(H,20,21). The van der Waals surface area contributed by atoms with E-state index >= 15 is 0 Å². The van der Waals surface area contributed by atoms with Gasteiger partial charge in [-0.2, -0.15) is 5.26 Å². The maximum Gasteiger partial charge on any atom is 0.256 e. The molecular formula is C17H17N3O. The van der Waals surface area contributed by atoms with Crippen LogP contribution in [0.1, 0.15) is 32.6 Å². The Balaban J connectivity index is 2.38. The number of carbonyl (C=O) groups excluding carboxylic acids is 1. The number of anilines is 2. The van der Waals surface area contributed by atoms with Gasteiger partial charge in [0, 0.05) is 11.3 Å². The van der Waals surface area contributed by atoms with Crippen LogP contribution in [0.2, 0.25) is 0 Å². The fourth-order valence-electron chi connectivity index (χ4n) is 2.22. The zero-order chi connectivity index (χ0) is 15.6. The van der Waals surface area contributed by atoms with E-state index in [1.165, 1.54) is 0 Å². The molecule has 0 radical (unpaired) electrons. The number of carbonyl (C=O) groups is 1. The van der Waals surface area contributed by atoms with E-state index in [-0.39, 0.29) is 5.91 Å². The van der Waals surface area contributed by atoms with Crippen LogP contribution >= 0.6 is 0 Å². The lowest BCUT2D eigenvalue weighted by Crippen LogP contribution is -2.15. The molecule has 21 heavy (non-hydrogen) atoms. The number of rotatable bonds is 2. The second-order valence-electron chi connectivity index (χ2n) is 5.09. The summed E-state index contributed by atoms with van der Waals surface area (Å²) in [7, 11) is 0. The molecule has 0 unspecified atom stereocenters. The Labute approximate surface area is 124 Å². The van der Waals surface area contributed by atoms with Crippen LogP contribution < -0.4 is 11.1 Å². The lowest BCUT2D eigenvalue weighted by molar-refractivity contribution is 0.102. The van der Waals surface area contributed by atoms with Gasteiger partial charge in [-0.25, -0.2) is 0 Å². The minimum atomic E-state index is -0.263. The highest BCUT2D eigenvalue weighted by atomic mass is 16.1. The lowest BCUT2D eigenvalue weighted by Gasteiger charge is -2.12. The van der Waals surface area contributed by atoms with Crippen molar-refractivity contribution in [2.75, 3.05) is 11.1 Å². The van der Waals surface area contributed by atoms with E-state index in [1.54, 1.807) is 12.1 Å². The second kappa shape index (κ2) is 5.68. The minimum Gasteiger partial charge on any atom is -0.398 e. The largest absolute Gasteiger partial charge is 0.398 e. The van der Waals surface area contributed by atoms with E-state index in [9.17, 15) is 10.1 Å². The van der Waals surface area contributed by atoms with E-state index < -0.39 is 0 Å². The third kappa shape index (κ3) is 2.87. The fraction of sp³-hybridized carbons (Fsp3) is 0.176. The summed E-state index contributed by atoms with van der Waals surface area (Å²) in [6.45, 7) is 5.60. The molecule has 2 rings (SSSR count). The summed E-state index contributed by atoms with van der Waals surface area (Å²) in [5.74, 6) is -0.263. The minimum absolute atomic E-state index is 0.263. The number of hydrogen-bond donors (Lipinski definition) is 2. The van der Waals surface area contributed by atoms with Gasteiger partial charge in [-0.05, 0) is 49.6 Å². The molecule has 0 fully saturated rings. The van der Waals surface area contributed by atoms with Crippen molar-refractivity contribution in [1.82, 2.24) is 0 Å². The van der Waals surface area contributed by atoms with Gasteiger partial charge in [0.2, 0.25) is 0 Å². The Kier molecular flexibility index (Phi) is 3.95. The Morgan fingerprint density at radius 1 is 1.14 bits per heavy atom. The zero-order valence-electron chi connectivity index (χ0n) is 12.3. The molecule has 0 saturated heterocycles. The van der Waals surface area contributed by atoms with Crippen molar-refractivity contribution in [3.63, 3.8) is 0 Å². The van der Waals surface area contributed by atoms with Gasteiger partial charge in [0.15, 0.2) is 0 Å². The van der Waals surface area contributed by atoms with Gasteiger partial charge in [-0.15, -0.1) is 0 Å². The van der Waals surface area contributed by atoms with Crippen LogP contribution in [0.15, 0.2) is 30.3 Å². The van der Waals surface area contributed by atoms with Crippen molar-refractivity contribution in [3.8, 4) is 6.07 Å². The Hall–Kier alpha value is -2.80. The number of nitrogens with zero attached hydrogens (tertiary/aromatic N) is 1. The number of nitriles is 1. The van der Waals surface area contributed by atoms with E-state index in [0.717, 1.165) is 16.7 Å². The van der Waals surface area contributed by atoms with E-state index in [1.807, 2.05) is 39.0 Å². The number of nitrogens with two attached hydrogens (primary N) is 1. The maximum atomic E-state index is 12.4. The van der Waals surface area contributed by atoms with E-state index in [2.05, 4.69) is 11.4 Å². The predicted molar refractivity (Wildman–Crippen MR) is 84.2 cm³/mol. The third-order valence-electron chi connectivity index (χ3n) is 3.49. The summed E-state index contributed by atoms with van der Waals surface area (Å²) in [4.78, 5) is 12.4. The third-order valence-corrected chi connectivity index (χ3v) is 3.49. The van der Waals surface area contributed by atoms with Gasteiger partial charge >= 0.3 is 0 Å². The summed E-state index contributed by atoms with van der Waals surface area (Å²) < 4.78 is 0. The van der Waals surface area contributed by atoms with Crippen LogP contribution in [-0.2, 0) is 0 Å². The Bertz CT molecular complexity index is 757. The smallest absolute Gasteiger partial charge is 0.256 e. The molecule has 0 bridgehead atoms. The summed E-state index contributed by atoms with van der Waals surface area (Å²) in [5.41, 5.74) is 10.6. The van der Waals surface area contributed by atoms with Crippen molar-refractivity contribution >= 4 is 17.3 Å². The quantitative estimate of drug-likeness (QED) is 0.828. The summed E-state index contributed by atoms with van der Waals surface area (Å²) in [5, 5.41) is 12.0. The first-order chi connectivity index (χ1) is 9.93. The molecule has 0 aliphatic rings. The zero-order valence-corrected chi connectivity index (χ0v) is 12.3. The number of hydrogen-bond acceptors (Lipinski definition) is 3. The molecule has 0 saturated carbocycles. The van der Waals surface area contributed by atoms with Crippen LogP contribution in [0, 0.1) is 32.1 Å². The highest BCUT2D eigenvalue weighted by molar-refractivity contribution is 6.06. The van der Waals surface area contributed by atoms with Gasteiger partial charge in [0.25, 0.3) is 5.91 Å². The molecule has 0 atom stereocenters. The molecule has 1 amide bonds. The Morgan fingerprint density at radius 3 is 2.52 bits per heavy atom. The topological polar surface area (TPSA) is 78.9 Å². The highest BCUT2D eigenvalue weighted by Gasteiger charge is 2.13. The molecule has 3 N–H and O–H groups in total. The van der Waals surface area contributed by atoms with Crippen LogP contribution in [0.25, 0.3) is 0 Å². The molecule has 0 heterocycles. The van der Waals surface area contributed by atoms with Crippen LogP contribution in [0.4, 0.5) is 11.4 Å². The molecule has 0 aliphatic heterocycles. The molecule has 0 aromatic heterocycles. The van der Waals surface area contributed by atoms with Crippen molar-refractivity contribution in [1.29, 1.82) is 5.26 Å². The first kappa shape index (κ1) is 14.6. The number of aryl methyl sites for hydroxylation is 3. The Morgan fingerprint density at radius 2 is 1.86 bits per heavy atom. The maximum absolute atomic E-state index is 12.4. The van der Waals surface area contributed by atoms with Gasteiger partial charge < -0.3 is 11.1 Å². The molecule has 0 spiro atoms. The summed E-state index contributed by atoms with van der Waals surface area (Å²) in [6, 6.07) is 11.0. The van der Waals surface area contributed by atoms with Crippen molar-refractivity contribution in [2.24, 2.45) is 0 Å². The average molecular weight is 279 g/mol. The molecule has 2 aromatic carbocycles. The predicted octanol–water partition coefficient (Wildman–Crippen LogP) is 3.32. The van der Waals surface area contributed by atoms with Crippen LogP contribution in [-0.4, -0.2) is 5.91 Å². The first-order valence-corrected chi connectivity index (χ1v) is 6.62. The van der Waals surface area contributed by atoms with Gasteiger partial charge in [-0.3, -0.25) is 4.79 Å². The second-order valence-corrected chi connectivity index (χ2v) is 5.09. The fourth-order valence-corrected chi connectivity index (χ4v) is 2.22. The van der Waals surface area contributed by atoms with Crippen molar-refractivity contribution in [2.45, 2.75) is 20.8 Å². The van der Waals surface area contributed by atoms with Crippen LogP contribution in [0.5, 0.6) is 0 Å². The molecular weight excluding hydrogens is 262 g/mol. The molecule has 0 aliphatic carbocycles. The summed E-state index contributed by atoms with van der Waals surface area (Å²) in [6.07, 6.45) is 0. The first-order valence-electron chi connectivity index (χ1n) is 6.62. The number of nitrogens with one attached hydrogen (secondary N) is 1. The molecule has 106 valence electrons. The SMILES string of the molecule is Cc1cc(C)c(C(=O)Nc2cccc(C)c2C#N)cc1N. The monoisotopic (exact) mass is 279 g/mol. The van der Waals surface area contributed by atoms with Crippen LogP contribution in [0.3, 0.4) is 0 Å². The number of benzene rings is 2. The number of amides is 1. The summed E-state index contributed by atoms with van der Waals surface area (Å²) >= 11 is 0. The van der Waals surface area contributed by atoms with Gasteiger partial charge in [0.1, 0.15) is 6.07 Å². The molecule has 2 aromatic rings. The normalized spacial score (nSPS) is 10.0.